The third kappa shape index (κ3) is 6.18. The van der Waals surface area contributed by atoms with Gasteiger partial charge in [0, 0.05) is 29.9 Å². The monoisotopic (exact) mass is 346 g/mol. The van der Waals surface area contributed by atoms with Gasteiger partial charge in [-0.3, -0.25) is 4.79 Å². The first-order chi connectivity index (χ1) is 11.5. The summed E-state index contributed by atoms with van der Waals surface area (Å²) in [6.07, 6.45) is 2.66. The minimum absolute atomic E-state index is 0.122. The van der Waals surface area contributed by atoms with Gasteiger partial charge in [0.25, 0.3) is 5.91 Å². The summed E-state index contributed by atoms with van der Waals surface area (Å²) in [6.45, 7) is 2.29. The molecule has 1 aromatic carbocycles. The van der Waals surface area contributed by atoms with E-state index in [0.29, 0.717) is 22.9 Å². The van der Waals surface area contributed by atoms with Crippen molar-refractivity contribution in [1.82, 2.24) is 15.2 Å². The Morgan fingerprint density at radius 2 is 1.96 bits per heavy atom. The Morgan fingerprint density at radius 1 is 1.21 bits per heavy atom. The predicted molar refractivity (Wildman–Crippen MR) is 98.5 cm³/mol. The smallest absolute Gasteiger partial charge is 0.251 e. The molecule has 2 N–H and O–H groups in total. The van der Waals surface area contributed by atoms with Crippen molar-refractivity contribution in [2.45, 2.75) is 13.0 Å². The highest BCUT2D eigenvalue weighted by Crippen LogP contribution is 2.10. The topological polar surface area (TPSA) is 57.3 Å². The molecule has 1 aromatic heterocycles. The largest absolute Gasteiger partial charge is 0.370 e. The van der Waals surface area contributed by atoms with Gasteiger partial charge in [-0.15, -0.1) is 0 Å². The molecule has 5 nitrogen and oxygen atoms in total. The van der Waals surface area contributed by atoms with E-state index in [2.05, 4.69) is 20.5 Å². The quantitative estimate of drug-likeness (QED) is 0.721. The van der Waals surface area contributed by atoms with E-state index in [1.807, 2.05) is 38.4 Å². The number of carbonyl (C=O) groups excluding carboxylic acids is 1. The van der Waals surface area contributed by atoms with Crippen LogP contribution in [0.15, 0.2) is 42.6 Å². The number of nitrogens with zero attached hydrogens (tertiary/aromatic N) is 2. The summed E-state index contributed by atoms with van der Waals surface area (Å²) in [5.74, 6) is 0.594. The van der Waals surface area contributed by atoms with E-state index in [1.54, 1.807) is 18.3 Å². The molecule has 0 aliphatic heterocycles. The second-order valence-corrected chi connectivity index (χ2v) is 6.26. The maximum Gasteiger partial charge on any atom is 0.251 e. The summed E-state index contributed by atoms with van der Waals surface area (Å²) in [5, 5.41) is 6.83. The molecule has 0 unspecified atom stereocenters. The van der Waals surface area contributed by atoms with Crippen molar-refractivity contribution in [2.24, 2.45) is 0 Å². The molecule has 0 saturated heterocycles. The van der Waals surface area contributed by atoms with Gasteiger partial charge in [0.2, 0.25) is 0 Å². The molecule has 2 rings (SSSR count). The molecular weight excluding hydrogens is 324 g/mol. The molecule has 0 spiro atoms. The van der Waals surface area contributed by atoms with Crippen LogP contribution in [0.25, 0.3) is 0 Å². The van der Waals surface area contributed by atoms with Crippen LogP contribution < -0.4 is 10.6 Å². The third-order valence-electron chi connectivity index (χ3n) is 3.48. The molecule has 2 aromatic rings. The Morgan fingerprint density at radius 3 is 2.67 bits per heavy atom. The van der Waals surface area contributed by atoms with Crippen molar-refractivity contribution in [3.63, 3.8) is 0 Å². The minimum atomic E-state index is -0.122. The van der Waals surface area contributed by atoms with E-state index in [1.165, 1.54) is 0 Å². The lowest BCUT2D eigenvalue weighted by molar-refractivity contribution is 0.0951. The Kier molecular flexibility index (Phi) is 7.03. The molecule has 128 valence electrons. The normalized spacial score (nSPS) is 10.7. The van der Waals surface area contributed by atoms with Crippen molar-refractivity contribution >= 4 is 23.3 Å². The van der Waals surface area contributed by atoms with Crippen LogP contribution in [0.2, 0.25) is 5.02 Å². The van der Waals surface area contributed by atoms with E-state index in [0.717, 1.165) is 25.1 Å². The first-order valence-electron chi connectivity index (χ1n) is 7.92. The van der Waals surface area contributed by atoms with Gasteiger partial charge in [0.05, 0.1) is 0 Å². The van der Waals surface area contributed by atoms with Crippen molar-refractivity contribution in [3.8, 4) is 0 Å². The fourth-order valence-electron chi connectivity index (χ4n) is 2.17. The zero-order valence-corrected chi connectivity index (χ0v) is 14.8. The number of rotatable bonds is 8. The molecule has 0 aliphatic rings. The number of amides is 1. The minimum Gasteiger partial charge on any atom is -0.370 e. The van der Waals surface area contributed by atoms with Gasteiger partial charge in [-0.2, -0.15) is 0 Å². The molecule has 0 fully saturated rings. The Bertz CT molecular complexity index is 658. The lowest BCUT2D eigenvalue weighted by Crippen LogP contribution is -2.23. The van der Waals surface area contributed by atoms with Crippen LogP contribution in [0.1, 0.15) is 22.3 Å². The summed E-state index contributed by atoms with van der Waals surface area (Å²) >= 11 is 5.85. The highest BCUT2D eigenvalue weighted by atomic mass is 35.5. The molecule has 1 amide bonds. The fourth-order valence-corrected chi connectivity index (χ4v) is 2.29. The highest BCUT2D eigenvalue weighted by Gasteiger charge is 2.07. The van der Waals surface area contributed by atoms with E-state index in [-0.39, 0.29) is 5.91 Å². The maximum absolute atomic E-state index is 12.3. The number of hydrogen-bond acceptors (Lipinski definition) is 4. The number of benzene rings is 1. The average Bonchev–Trinajstić information content (AvgIpc) is 2.58. The molecule has 1 heterocycles. The molecule has 0 aliphatic carbocycles. The van der Waals surface area contributed by atoms with Gasteiger partial charge < -0.3 is 15.5 Å². The molecule has 6 heteroatoms. The number of halogens is 1. The standard InChI is InChI=1S/C18H23ClN4O/c1-23(2)11-3-9-20-17-12-15(8-10-21-17)18(24)22-13-14-4-6-16(19)7-5-14/h4-8,10,12H,3,9,11,13H2,1-2H3,(H,20,21)(H,22,24). The second kappa shape index (κ2) is 9.25. The van der Waals surface area contributed by atoms with Gasteiger partial charge >= 0.3 is 0 Å². The zero-order chi connectivity index (χ0) is 17.4. The molecule has 0 bridgehead atoms. The van der Waals surface area contributed by atoms with Crippen molar-refractivity contribution in [3.05, 3.63) is 58.7 Å². The third-order valence-corrected chi connectivity index (χ3v) is 3.73. The van der Waals surface area contributed by atoms with Crippen molar-refractivity contribution < 1.29 is 4.79 Å². The first kappa shape index (κ1) is 18.2. The highest BCUT2D eigenvalue weighted by molar-refractivity contribution is 6.30. The van der Waals surface area contributed by atoms with Crippen LogP contribution in [-0.2, 0) is 6.54 Å². The van der Waals surface area contributed by atoms with Gasteiger partial charge in [0.1, 0.15) is 5.82 Å². The van der Waals surface area contributed by atoms with Crippen LogP contribution in [0.4, 0.5) is 5.82 Å². The first-order valence-corrected chi connectivity index (χ1v) is 8.29. The van der Waals surface area contributed by atoms with E-state index in [9.17, 15) is 4.79 Å². The van der Waals surface area contributed by atoms with Crippen molar-refractivity contribution in [2.75, 3.05) is 32.5 Å². The number of hydrogen-bond donors (Lipinski definition) is 2. The van der Waals surface area contributed by atoms with Gasteiger partial charge in [-0.25, -0.2) is 4.98 Å². The van der Waals surface area contributed by atoms with Gasteiger partial charge in [0.15, 0.2) is 0 Å². The number of nitrogens with one attached hydrogen (secondary N) is 2. The number of pyridine rings is 1. The number of anilines is 1. The summed E-state index contributed by atoms with van der Waals surface area (Å²) in [6, 6.07) is 10.9. The summed E-state index contributed by atoms with van der Waals surface area (Å²) in [7, 11) is 4.09. The van der Waals surface area contributed by atoms with E-state index >= 15 is 0 Å². The molecule has 0 saturated carbocycles. The van der Waals surface area contributed by atoms with Crippen LogP contribution in [0.3, 0.4) is 0 Å². The zero-order valence-electron chi connectivity index (χ0n) is 14.1. The maximum atomic E-state index is 12.3. The van der Waals surface area contributed by atoms with Gasteiger partial charge in [-0.05, 0) is 56.9 Å². The summed E-state index contributed by atoms with van der Waals surface area (Å²) < 4.78 is 0. The van der Waals surface area contributed by atoms with Crippen LogP contribution in [0, 0.1) is 0 Å². The molecule has 0 atom stereocenters. The predicted octanol–water partition coefficient (Wildman–Crippen LogP) is 3.03. The summed E-state index contributed by atoms with van der Waals surface area (Å²) in [5.41, 5.74) is 1.60. The van der Waals surface area contributed by atoms with Crippen LogP contribution >= 0.6 is 11.6 Å². The molecule has 24 heavy (non-hydrogen) atoms. The SMILES string of the molecule is CN(C)CCCNc1cc(C(=O)NCc2ccc(Cl)cc2)ccn1. The summed E-state index contributed by atoms with van der Waals surface area (Å²) in [4.78, 5) is 18.6. The Labute approximate surface area is 148 Å². The average molecular weight is 347 g/mol. The Balaban J connectivity index is 1.85. The van der Waals surface area contributed by atoms with E-state index < -0.39 is 0 Å². The fraction of sp³-hybridized carbons (Fsp3) is 0.333. The van der Waals surface area contributed by atoms with Crippen LogP contribution in [-0.4, -0.2) is 43.0 Å². The molecule has 0 radical (unpaired) electrons. The van der Waals surface area contributed by atoms with E-state index in [4.69, 9.17) is 11.6 Å². The lowest BCUT2D eigenvalue weighted by Gasteiger charge is -2.11. The number of carbonyl (C=O) groups is 1. The number of aromatic nitrogens is 1. The second-order valence-electron chi connectivity index (χ2n) is 5.82. The Hall–Kier alpha value is -2.11. The van der Waals surface area contributed by atoms with Crippen molar-refractivity contribution in [1.29, 1.82) is 0 Å². The van der Waals surface area contributed by atoms with Crippen LogP contribution in [0.5, 0.6) is 0 Å². The van der Waals surface area contributed by atoms with Gasteiger partial charge in [-0.1, -0.05) is 23.7 Å². The molecular formula is C18H23ClN4O. The lowest BCUT2D eigenvalue weighted by atomic mass is 10.2.